The first kappa shape index (κ1) is 18.0. The number of aliphatic hydroxyl groups excluding tert-OH is 1. The van der Waals surface area contributed by atoms with Gasteiger partial charge in [0.15, 0.2) is 0 Å². The molecule has 0 atom stereocenters. The summed E-state index contributed by atoms with van der Waals surface area (Å²) in [6, 6.07) is 17.5. The average Bonchev–Trinajstić information content (AvgIpc) is 2.68. The van der Waals surface area contributed by atoms with Crippen molar-refractivity contribution in [3.05, 3.63) is 59.7 Å². The number of nitriles is 1. The molecule has 5 nitrogen and oxygen atoms in total. The number of carbonyl (C=O) groups is 1. The Bertz CT molecular complexity index is 791. The number of aliphatic hydroxyl groups is 1. The van der Waals surface area contributed by atoms with Gasteiger partial charge in [0.25, 0.3) is 0 Å². The molecular formula is C21H23N3O2. The minimum atomic E-state index is -0.250. The second-order valence-electron chi connectivity index (χ2n) is 6.60. The molecule has 0 aliphatic carbocycles. The Morgan fingerprint density at radius 3 is 2.62 bits per heavy atom. The molecule has 1 saturated heterocycles. The molecule has 2 N–H and O–H groups in total. The van der Waals surface area contributed by atoms with E-state index in [0.29, 0.717) is 36.9 Å². The van der Waals surface area contributed by atoms with Crippen LogP contribution in [0.3, 0.4) is 0 Å². The van der Waals surface area contributed by atoms with Crippen LogP contribution in [0.1, 0.15) is 30.4 Å². The van der Waals surface area contributed by atoms with E-state index in [2.05, 4.69) is 16.3 Å². The maximum atomic E-state index is 12.2. The van der Waals surface area contributed by atoms with Gasteiger partial charge >= 0.3 is 0 Å². The van der Waals surface area contributed by atoms with Crippen molar-refractivity contribution < 1.29 is 9.90 Å². The first-order valence-electron chi connectivity index (χ1n) is 8.96. The Hall–Kier alpha value is -2.84. The molecule has 3 rings (SSSR count). The molecular weight excluding hydrogens is 326 g/mol. The highest BCUT2D eigenvalue weighted by molar-refractivity contribution is 5.91. The first-order chi connectivity index (χ1) is 12.7. The maximum absolute atomic E-state index is 12.2. The number of anilines is 2. The van der Waals surface area contributed by atoms with Crippen LogP contribution in [-0.2, 0) is 11.2 Å². The number of nitrogens with zero attached hydrogens (tertiary/aromatic N) is 2. The largest absolute Gasteiger partial charge is 0.393 e. The van der Waals surface area contributed by atoms with Gasteiger partial charge in [0.1, 0.15) is 6.07 Å². The number of piperidine rings is 1. The van der Waals surface area contributed by atoms with Crippen LogP contribution in [0.15, 0.2) is 48.5 Å². The zero-order valence-electron chi connectivity index (χ0n) is 14.7. The van der Waals surface area contributed by atoms with Crippen LogP contribution in [0.4, 0.5) is 11.4 Å². The van der Waals surface area contributed by atoms with Crippen LogP contribution in [0.2, 0.25) is 0 Å². The van der Waals surface area contributed by atoms with Gasteiger partial charge in [0.2, 0.25) is 5.91 Å². The van der Waals surface area contributed by atoms with Gasteiger partial charge in [-0.05, 0) is 43.0 Å². The Balaban J connectivity index is 1.62. The summed E-state index contributed by atoms with van der Waals surface area (Å²) in [6.07, 6.45) is 2.26. The monoisotopic (exact) mass is 349 g/mol. The van der Waals surface area contributed by atoms with Gasteiger partial charge in [-0.25, -0.2) is 0 Å². The van der Waals surface area contributed by atoms with E-state index in [4.69, 9.17) is 0 Å². The quantitative estimate of drug-likeness (QED) is 0.870. The smallest absolute Gasteiger partial charge is 0.224 e. The molecule has 1 aliphatic rings. The van der Waals surface area contributed by atoms with Crippen molar-refractivity contribution in [1.82, 2.24) is 0 Å². The summed E-state index contributed by atoms with van der Waals surface area (Å²) in [4.78, 5) is 14.3. The Kier molecular flexibility index (Phi) is 5.88. The van der Waals surface area contributed by atoms with Gasteiger partial charge in [0.05, 0.1) is 17.4 Å². The third-order valence-corrected chi connectivity index (χ3v) is 4.69. The van der Waals surface area contributed by atoms with Crippen molar-refractivity contribution in [3.63, 3.8) is 0 Å². The van der Waals surface area contributed by atoms with Crippen LogP contribution in [-0.4, -0.2) is 30.2 Å². The first-order valence-corrected chi connectivity index (χ1v) is 8.96. The summed E-state index contributed by atoms with van der Waals surface area (Å²) in [5.41, 5.74) is 3.17. The normalized spacial score (nSPS) is 14.7. The molecule has 2 aromatic carbocycles. The van der Waals surface area contributed by atoms with Crippen molar-refractivity contribution in [2.75, 3.05) is 23.3 Å². The minimum Gasteiger partial charge on any atom is -0.393 e. The number of hydrogen-bond donors (Lipinski definition) is 2. The summed E-state index contributed by atoms with van der Waals surface area (Å²) in [6.45, 7) is 1.47. The predicted octanol–water partition coefficient (Wildman–Crippen LogP) is 3.09. The maximum Gasteiger partial charge on any atom is 0.224 e. The topological polar surface area (TPSA) is 76.4 Å². The van der Waals surface area contributed by atoms with Gasteiger partial charge in [0, 0.05) is 25.2 Å². The van der Waals surface area contributed by atoms with Crippen molar-refractivity contribution in [3.8, 4) is 6.07 Å². The second kappa shape index (κ2) is 8.50. The number of amides is 1. The molecule has 0 unspecified atom stereocenters. The molecule has 0 spiro atoms. The molecule has 0 radical (unpaired) electrons. The third kappa shape index (κ3) is 4.62. The number of aryl methyl sites for hydroxylation is 1. The molecule has 1 fully saturated rings. The van der Waals surface area contributed by atoms with Crippen LogP contribution < -0.4 is 10.2 Å². The van der Waals surface area contributed by atoms with Gasteiger partial charge in [-0.15, -0.1) is 0 Å². The van der Waals surface area contributed by atoms with E-state index >= 15 is 0 Å². The van der Waals surface area contributed by atoms with Gasteiger partial charge < -0.3 is 15.3 Å². The fourth-order valence-corrected chi connectivity index (χ4v) is 3.21. The van der Waals surface area contributed by atoms with E-state index in [0.717, 1.165) is 24.3 Å². The number of carbonyl (C=O) groups excluding carboxylic acids is 1. The average molecular weight is 349 g/mol. The Morgan fingerprint density at radius 2 is 1.92 bits per heavy atom. The number of nitrogens with one attached hydrogen (secondary N) is 1. The molecule has 1 aliphatic heterocycles. The van der Waals surface area contributed by atoms with Crippen molar-refractivity contribution >= 4 is 17.3 Å². The number of benzene rings is 2. The molecule has 5 heteroatoms. The van der Waals surface area contributed by atoms with E-state index in [-0.39, 0.29) is 12.0 Å². The molecule has 26 heavy (non-hydrogen) atoms. The third-order valence-electron chi connectivity index (χ3n) is 4.69. The highest BCUT2D eigenvalue weighted by Gasteiger charge is 2.19. The van der Waals surface area contributed by atoms with Crippen LogP contribution >= 0.6 is 0 Å². The second-order valence-corrected chi connectivity index (χ2v) is 6.60. The molecule has 2 aromatic rings. The van der Waals surface area contributed by atoms with Crippen LogP contribution in [0.25, 0.3) is 0 Å². The molecule has 0 saturated carbocycles. The SMILES string of the molecule is N#Cc1cc(NC(=O)CCc2ccccc2)ccc1N1CCC(O)CC1. The molecule has 0 aromatic heterocycles. The summed E-state index contributed by atoms with van der Waals surface area (Å²) in [5, 5.41) is 22.0. The van der Waals surface area contributed by atoms with Gasteiger partial charge in [-0.3, -0.25) is 4.79 Å². The summed E-state index contributed by atoms with van der Waals surface area (Å²) in [7, 11) is 0. The predicted molar refractivity (Wildman–Crippen MR) is 102 cm³/mol. The van der Waals surface area contributed by atoms with Crippen LogP contribution in [0, 0.1) is 11.3 Å². The van der Waals surface area contributed by atoms with E-state index < -0.39 is 0 Å². The summed E-state index contributed by atoms with van der Waals surface area (Å²) < 4.78 is 0. The molecule has 0 bridgehead atoms. The van der Waals surface area contributed by atoms with E-state index in [1.165, 1.54) is 0 Å². The fourth-order valence-electron chi connectivity index (χ4n) is 3.21. The zero-order chi connectivity index (χ0) is 18.4. The molecule has 1 heterocycles. The lowest BCUT2D eigenvalue weighted by Gasteiger charge is -2.32. The standard InChI is InChI=1S/C21H23N3O2/c22-15-17-14-18(7-8-20(17)24-12-10-19(25)11-13-24)23-21(26)9-6-16-4-2-1-3-5-16/h1-5,7-8,14,19,25H,6,9-13H2,(H,23,26). The summed E-state index contributed by atoms with van der Waals surface area (Å²) in [5.74, 6) is -0.0633. The van der Waals surface area contributed by atoms with E-state index in [9.17, 15) is 15.2 Å². The minimum absolute atomic E-state index is 0.0633. The van der Waals surface area contributed by atoms with Gasteiger partial charge in [-0.1, -0.05) is 30.3 Å². The van der Waals surface area contributed by atoms with E-state index in [1.807, 2.05) is 42.5 Å². The van der Waals surface area contributed by atoms with Gasteiger partial charge in [-0.2, -0.15) is 5.26 Å². The van der Waals surface area contributed by atoms with E-state index in [1.54, 1.807) is 6.07 Å². The lowest BCUT2D eigenvalue weighted by molar-refractivity contribution is -0.116. The van der Waals surface area contributed by atoms with Crippen LogP contribution in [0.5, 0.6) is 0 Å². The molecule has 134 valence electrons. The lowest BCUT2D eigenvalue weighted by Crippen LogP contribution is -2.36. The Morgan fingerprint density at radius 1 is 1.19 bits per heavy atom. The van der Waals surface area contributed by atoms with Crippen molar-refractivity contribution in [2.24, 2.45) is 0 Å². The fraction of sp³-hybridized carbons (Fsp3) is 0.333. The lowest BCUT2D eigenvalue weighted by atomic mass is 10.0. The Labute approximate surface area is 153 Å². The summed E-state index contributed by atoms with van der Waals surface area (Å²) >= 11 is 0. The number of hydrogen-bond acceptors (Lipinski definition) is 4. The number of rotatable bonds is 5. The molecule has 1 amide bonds. The van der Waals surface area contributed by atoms with Crippen molar-refractivity contribution in [2.45, 2.75) is 31.8 Å². The van der Waals surface area contributed by atoms with Crippen molar-refractivity contribution in [1.29, 1.82) is 5.26 Å². The highest BCUT2D eigenvalue weighted by atomic mass is 16.3. The highest BCUT2D eigenvalue weighted by Crippen LogP contribution is 2.26. The zero-order valence-corrected chi connectivity index (χ0v) is 14.7.